The third-order valence-corrected chi connectivity index (χ3v) is 2.89. The zero-order chi connectivity index (χ0) is 12.3. The Morgan fingerprint density at radius 1 is 1.65 bits per heavy atom. The lowest BCUT2D eigenvalue weighted by atomic mass is 10.1. The molecule has 2 aromatic rings. The van der Waals surface area contributed by atoms with Crippen molar-refractivity contribution in [3.05, 3.63) is 28.6 Å². The van der Waals surface area contributed by atoms with Gasteiger partial charge < -0.3 is 5.11 Å². The summed E-state index contributed by atoms with van der Waals surface area (Å²) in [6.45, 7) is 0.122. The minimum Gasteiger partial charge on any atom is -0.481 e. The predicted molar refractivity (Wildman–Crippen MR) is 62.5 cm³/mol. The van der Waals surface area contributed by atoms with Crippen LogP contribution in [0.25, 0.3) is 11.3 Å². The molecule has 0 aliphatic heterocycles. The number of carbonyl (C=O) groups is 1. The Labute approximate surface area is 102 Å². The molecule has 0 aromatic carbocycles. The number of aromatic nitrogens is 2. The first kappa shape index (κ1) is 11.4. The zero-order valence-electron chi connectivity index (χ0n) is 8.83. The molecule has 0 atom stereocenters. The molecule has 6 heteroatoms. The standard InChI is InChI=1S/C11H9N3O2S/c12-2-3-14-6-9(5-10(15)16)11(13-14)8-1-4-17-7-8/h1,4,6-7H,3,5H2,(H,15,16). The van der Waals surface area contributed by atoms with Crippen LogP contribution in [-0.4, -0.2) is 20.9 Å². The van der Waals surface area contributed by atoms with Crippen molar-refractivity contribution in [1.82, 2.24) is 9.78 Å². The molecule has 2 aromatic heterocycles. The van der Waals surface area contributed by atoms with E-state index in [2.05, 4.69) is 5.10 Å². The quantitative estimate of drug-likeness (QED) is 0.892. The molecule has 1 N–H and O–H groups in total. The first-order valence-electron chi connectivity index (χ1n) is 4.88. The number of hydrogen-bond donors (Lipinski definition) is 1. The van der Waals surface area contributed by atoms with Crippen molar-refractivity contribution in [2.45, 2.75) is 13.0 Å². The number of carboxylic acids is 1. The van der Waals surface area contributed by atoms with Gasteiger partial charge in [-0.15, -0.1) is 0 Å². The van der Waals surface area contributed by atoms with Crippen molar-refractivity contribution < 1.29 is 9.90 Å². The summed E-state index contributed by atoms with van der Waals surface area (Å²) in [7, 11) is 0. The van der Waals surface area contributed by atoms with Crippen molar-refractivity contribution in [1.29, 1.82) is 5.26 Å². The van der Waals surface area contributed by atoms with Gasteiger partial charge in [-0.25, -0.2) is 0 Å². The van der Waals surface area contributed by atoms with Gasteiger partial charge in [0, 0.05) is 22.7 Å². The molecule has 0 radical (unpaired) electrons. The van der Waals surface area contributed by atoms with Gasteiger partial charge in [0.05, 0.1) is 18.2 Å². The van der Waals surface area contributed by atoms with Crippen molar-refractivity contribution in [2.24, 2.45) is 0 Å². The highest BCUT2D eigenvalue weighted by atomic mass is 32.1. The number of hydrogen-bond acceptors (Lipinski definition) is 4. The van der Waals surface area contributed by atoms with Crippen molar-refractivity contribution >= 4 is 17.3 Å². The second-order valence-electron chi connectivity index (χ2n) is 3.44. The molecule has 5 nitrogen and oxygen atoms in total. The molecule has 0 bridgehead atoms. The fourth-order valence-electron chi connectivity index (χ4n) is 1.55. The van der Waals surface area contributed by atoms with E-state index in [1.807, 2.05) is 22.9 Å². The largest absolute Gasteiger partial charge is 0.481 e. The monoisotopic (exact) mass is 247 g/mol. The van der Waals surface area contributed by atoms with Gasteiger partial charge in [0.1, 0.15) is 6.54 Å². The second kappa shape index (κ2) is 4.80. The fraction of sp³-hybridized carbons (Fsp3) is 0.182. The van der Waals surface area contributed by atoms with Crippen molar-refractivity contribution in [2.75, 3.05) is 0 Å². The van der Waals surface area contributed by atoms with Gasteiger partial charge in [0.15, 0.2) is 0 Å². The summed E-state index contributed by atoms with van der Waals surface area (Å²) in [5.74, 6) is -0.905. The van der Waals surface area contributed by atoms with E-state index in [1.165, 1.54) is 16.0 Å². The van der Waals surface area contributed by atoms with E-state index in [9.17, 15) is 4.79 Å². The van der Waals surface area contributed by atoms with Crippen LogP contribution in [0.15, 0.2) is 23.0 Å². The summed E-state index contributed by atoms with van der Waals surface area (Å²) in [5, 5.41) is 25.5. The van der Waals surface area contributed by atoms with Gasteiger partial charge in [-0.1, -0.05) is 0 Å². The van der Waals surface area contributed by atoms with E-state index in [1.54, 1.807) is 6.20 Å². The molecule has 0 aliphatic carbocycles. The molecule has 2 heterocycles. The lowest BCUT2D eigenvalue weighted by molar-refractivity contribution is -0.136. The fourth-order valence-corrected chi connectivity index (χ4v) is 2.19. The van der Waals surface area contributed by atoms with E-state index in [4.69, 9.17) is 10.4 Å². The molecular formula is C11H9N3O2S. The smallest absolute Gasteiger partial charge is 0.307 e. The summed E-state index contributed by atoms with van der Waals surface area (Å²) in [6.07, 6.45) is 1.53. The Kier molecular flexibility index (Phi) is 3.21. The predicted octanol–water partition coefficient (Wildman–Crippen LogP) is 1.76. The van der Waals surface area contributed by atoms with Gasteiger partial charge >= 0.3 is 5.97 Å². The number of thiophene rings is 1. The van der Waals surface area contributed by atoms with E-state index in [0.717, 1.165) is 5.56 Å². The summed E-state index contributed by atoms with van der Waals surface area (Å²) in [5.41, 5.74) is 2.16. The average molecular weight is 247 g/mol. The summed E-state index contributed by atoms with van der Waals surface area (Å²) in [6, 6.07) is 3.86. The maximum atomic E-state index is 10.8. The van der Waals surface area contributed by atoms with Crippen LogP contribution in [0, 0.1) is 11.3 Å². The minimum absolute atomic E-state index is 0.0867. The Morgan fingerprint density at radius 3 is 3.06 bits per heavy atom. The van der Waals surface area contributed by atoms with Crippen LogP contribution in [0.5, 0.6) is 0 Å². The molecule has 0 aliphatic rings. The number of rotatable bonds is 4. The van der Waals surface area contributed by atoms with Crippen LogP contribution in [0.4, 0.5) is 0 Å². The molecular weight excluding hydrogens is 238 g/mol. The number of aliphatic carboxylic acids is 1. The minimum atomic E-state index is -0.905. The zero-order valence-corrected chi connectivity index (χ0v) is 9.65. The highest BCUT2D eigenvalue weighted by Gasteiger charge is 2.14. The van der Waals surface area contributed by atoms with E-state index in [0.29, 0.717) is 11.3 Å². The molecule has 86 valence electrons. The molecule has 0 spiro atoms. The molecule has 0 saturated carbocycles. The normalized spacial score (nSPS) is 10.1. The van der Waals surface area contributed by atoms with Crippen LogP contribution < -0.4 is 0 Å². The van der Waals surface area contributed by atoms with Gasteiger partial charge in [-0.05, 0) is 11.4 Å². The Balaban J connectivity index is 2.41. The third-order valence-electron chi connectivity index (χ3n) is 2.21. The average Bonchev–Trinajstić information content (AvgIpc) is 2.86. The lowest BCUT2D eigenvalue weighted by Crippen LogP contribution is -2.00. The van der Waals surface area contributed by atoms with Crippen LogP contribution in [0.2, 0.25) is 0 Å². The summed E-state index contributed by atoms with van der Waals surface area (Å²) < 4.78 is 1.46. The van der Waals surface area contributed by atoms with E-state index in [-0.39, 0.29) is 13.0 Å². The van der Waals surface area contributed by atoms with Crippen LogP contribution >= 0.6 is 11.3 Å². The summed E-state index contributed by atoms with van der Waals surface area (Å²) in [4.78, 5) is 10.8. The number of nitriles is 1. The van der Waals surface area contributed by atoms with Gasteiger partial charge in [-0.2, -0.15) is 21.7 Å². The highest BCUT2D eigenvalue weighted by Crippen LogP contribution is 2.24. The van der Waals surface area contributed by atoms with Crippen molar-refractivity contribution in [3.8, 4) is 17.3 Å². The molecule has 0 amide bonds. The molecule has 0 saturated heterocycles. The molecule has 0 unspecified atom stereocenters. The lowest BCUT2D eigenvalue weighted by Gasteiger charge is -1.95. The second-order valence-corrected chi connectivity index (χ2v) is 4.22. The molecule has 17 heavy (non-hydrogen) atoms. The van der Waals surface area contributed by atoms with E-state index >= 15 is 0 Å². The van der Waals surface area contributed by atoms with Crippen LogP contribution in [-0.2, 0) is 17.8 Å². The summed E-state index contributed by atoms with van der Waals surface area (Å²) >= 11 is 1.52. The van der Waals surface area contributed by atoms with Gasteiger partial charge in [-0.3, -0.25) is 9.48 Å². The number of nitrogens with zero attached hydrogens (tertiary/aromatic N) is 3. The first-order chi connectivity index (χ1) is 8.20. The van der Waals surface area contributed by atoms with Gasteiger partial charge in [0.25, 0.3) is 0 Å². The van der Waals surface area contributed by atoms with Gasteiger partial charge in [0.2, 0.25) is 0 Å². The van der Waals surface area contributed by atoms with Crippen LogP contribution in [0.1, 0.15) is 5.56 Å². The highest BCUT2D eigenvalue weighted by molar-refractivity contribution is 7.08. The van der Waals surface area contributed by atoms with E-state index < -0.39 is 5.97 Å². The molecule has 0 fully saturated rings. The SMILES string of the molecule is N#CCn1cc(CC(=O)O)c(-c2ccsc2)n1. The Morgan fingerprint density at radius 2 is 2.47 bits per heavy atom. The topological polar surface area (TPSA) is 78.9 Å². The maximum Gasteiger partial charge on any atom is 0.307 e. The first-order valence-corrected chi connectivity index (χ1v) is 5.82. The maximum absolute atomic E-state index is 10.8. The molecule has 2 rings (SSSR count). The third kappa shape index (κ3) is 2.52. The van der Waals surface area contributed by atoms with Crippen LogP contribution in [0.3, 0.4) is 0 Å². The van der Waals surface area contributed by atoms with Crippen molar-refractivity contribution in [3.63, 3.8) is 0 Å². The number of carboxylic acid groups (broad SMARTS) is 1. The Bertz CT molecular complexity index is 566. The Hall–Kier alpha value is -2.13.